The lowest BCUT2D eigenvalue weighted by molar-refractivity contribution is -0.308. The zero-order valence-corrected chi connectivity index (χ0v) is 19.7. The second kappa shape index (κ2) is 10.8. The number of aromatic nitrogens is 3. The van der Waals surface area contributed by atoms with Gasteiger partial charge in [-0.05, 0) is 36.6 Å². The van der Waals surface area contributed by atoms with E-state index < -0.39 is 41.2 Å². The van der Waals surface area contributed by atoms with Crippen molar-refractivity contribution in [3.8, 4) is 0 Å². The van der Waals surface area contributed by atoms with E-state index >= 15 is 0 Å². The lowest BCUT2D eigenvalue weighted by Gasteiger charge is -2.24. The van der Waals surface area contributed by atoms with E-state index in [0.717, 1.165) is 15.5 Å². The number of rotatable bonds is 10. The first-order valence-electron chi connectivity index (χ1n) is 11.6. The van der Waals surface area contributed by atoms with Gasteiger partial charge in [0.1, 0.15) is 6.04 Å². The molecule has 0 aliphatic rings. The number of nitrogens with zero attached hydrogens (tertiary/aromatic N) is 1. The smallest absolute Gasteiger partial charge is 0.329 e. The van der Waals surface area contributed by atoms with Gasteiger partial charge in [-0.25, -0.2) is 14.2 Å². The summed E-state index contributed by atoms with van der Waals surface area (Å²) in [6.07, 6.45) is 1.72. The van der Waals surface area contributed by atoms with E-state index in [-0.39, 0.29) is 31.2 Å². The van der Waals surface area contributed by atoms with Gasteiger partial charge in [0.2, 0.25) is 5.91 Å². The van der Waals surface area contributed by atoms with Crippen molar-refractivity contribution in [3.63, 3.8) is 0 Å². The summed E-state index contributed by atoms with van der Waals surface area (Å²) in [5.74, 6) is -2.39. The Morgan fingerprint density at radius 1 is 1.00 bits per heavy atom. The number of H-pyrrole nitrogens is 2. The molecule has 192 valence electrons. The van der Waals surface area contributed by atoms with Crippen LogP contribution in [0.5, 0.6) is 0 Å². The number of benzene rings is 2. The summed E-state index contributed by atoms with van der Waals surface area (Å²) in [5, 5.41) is 17.5. The summed E-state index contributed by atoms with van der Waals surface area (Å²) < 4.78 is 0.806. The van der Waals surface area contributed by atoms with Gasteiger partial charge in [-0.3, -0.25) is 9.59 Å². The third kappa shape index (κ3) is 5.53. The van der Waals surface area contributed by atoms with Gasteiger partial charge in [0.05, 0.1) is 22.9 Å². The Balaban J connectivity index is 1.71. The molecule has 0 unspecified atom stereocenters. The molecule has 6 N–H and O–H groups in total. The normalized spacial score (nSPS) is 12.8. The Morgan fingerprint density at radius 2 is 1.68 bits per heavy atom. The third-order valence-corrected chi connectivity index (χ3v) is 6.11. The zero-order valence-electron chi connectivity index (χ0n) is 19.7. The van der Waals surface area contributed by atoms with E-state index in [4.69, 9.17) is 5.73 Å². The maximum Gasteiger partial charge on any atom is 0.329 e. The van der Waals surface area contributed by atoms with Gasteiger partial charge in [-0.1, -0.05) is 30.3 Å². The van der Waals surface area contributed by atoms with Crippen molar-refractivity contribution in [2.45, 2.75) is 31.3 Å². The molecule has 0 radical (unpaired) electrons. The molecule has 4 rings (SSSR count). The zero-order chi connectivity index (χ0) is 26.5. The summed E-state index contributed by atoms with van der Waals surface area (Å²) in [5.41, 5.74) is 5.29. The molecular weight excluding hydrogens is 480 g/mol. The number of fused-ring (bicyclic) bond motifs is 2. The van der Waals surface area contributed by atoms with Crippen LogP contribution in [0.25, 0.3) is 21.8 Å². The topological polar surface area (TPSA) is 195 Å². The van der Waals surface area contributed by atoms with Gasteiger partial charge in [-0.2, -0.15) is 0 Å². The Hall–Kier alpha value is -4.87. The number of urea groups is 1. The van der Waals surface area contributed by atoms with Gasteiger partial charge < -0.3 is 36.2 Å². The minimum absolute atomic E-state index is 0.0693. The highest BCUT2D eigenvalue weighted by Gasteiger charge is 2.28. The van der Waals surface area contributed by atoms with Crippen molar-refractivity contribution in [2.24, 2.45) is 5.73 Å². The molecule has 2 aromatic heterocycles. The molecule has 4 aromatic rings. The van der Waals surface area contributed by atoms with Gasteiger partial charge in [0.15, 0.2) is 0 Å². The standard InChI is InChI=1S/C25H26N6O6/c26-24(36)27-11-5-10-19(23(34)35)29-21(32)20(12-14-13-28-17-8-3-1-6-15(14)17)31-22(33)16-7-2-4-9-18(16)30-25(31)37/h1-4,6-9,13,19-20,28H,5,10-12H2,(H,29,32)(H,30,37)(H,34,35)(H3,26,27,36)/p-1/t19-,20-/m0/s1. The van der Waals surface area contributed by atoms with E-state index in [1.807, 2.05) is 24.3 Å². The number of nitrogens with two attached hydrogens (primary N) is 1. The number of carboxylic acids is 1. The van der Waals surface area contributed by atoms with Crippen LogP contribution in [0.3, 0.4) is 0 Å². The number of amides is 3. The van der Waals surface area contributed by atoms with Crippen LogP contribution in [-0.4, -0.2) is 45.0 Å². The first-order valence-corrected chi connectivity index (χ1v) is 11.6. The van der Waals surface area contributed by atoms with Crippen LogP contribution < -0.4 is 32.7 Å². The fraction of sp³-hybridized carbons (Fsp3) is 0.240. The molecule has 0 aliphatic heterocycles. The summed E-state index contributed by atoms with van der Waals surface area (Å²) in [7, 11) is 0. The maximum absolute atomic E-state index is 13.5. The average molecular weight is 506 g/mol. The van der Waals surface area contributed by atoms with Crippen molar-refractivity contribution >= 4 is 39.7 Å². The molecule has 0 spiro atoms. The van der Waals surface area contributed by atoms with Crippen molar-refractivity contribution in [1.82, 2.24) is 25.2 Å². The number of aliphatic carboxylic acids is 1. The van der Waals surface area contributed by atoms with Gasteiger partial charge in [-0.15, -0.1) is 0 Å². The lowest BCUT2D eigenvalue weighted by Crippen LogP contribution is -2.52. The largest absolute Gasteiger partial charge is 0.548 e. The third-order valence-electron chi connectivity index (χ3n) is 6.11. The Kier molecular flexibility index (Phi) is 7.37. The molecule has 0 fully saturated rings. The fourth-order valence-corrected chi connectivity index (χ4v) is 4.30. The number of carbonyl (C=O) groups excluding carboxylic acids is 3. The van der Waals surface area contributed by atoms with Crippen LogP contribution in [0.4, 0.5) is 4.79 Å². The van der Waals surface area contributed by atoms with Crippen molar-refractivity contribution in [3.05, 3.63) is 81.1 Å². The number of carboxylic acid groups (broad SMARTS) is 1. The van der Waals surface area contributed by atoms with Crippen LogP contribution in [0.2, 0.25) is 0 Å². The molecule has 2 heterocycles. The number of nitrogens with one attached hydrogen (secondary N) is 4. The molecule has 2 atom stereocenters. The molecule has 0 saturated carbocycles. The average Bonchev–Trinajstić information content (AvgIpc) is 3.27. The van der Waals surface area contributed by atoms with Crippen LogP contribution >= 0.6 is 0 Å². The van der Waals surface area contributed by atoms with Crippen LogP contribution in [0.15, 0.2) is 64.3 Å². The predicted octanol–water partition coefficient (Wildman–Crippen LogP) is -0.362. The second-order valence-corrected chi connectivity index (χ2v) is 8.54. The second-order valence-electron chi connectivity index (χ2n) is 8.54. The van der Waals surface area contributed by atoms with E-state index in [1.165, 1.54) is 6.07 Å². The van der Waals surface area contributed by atoms with Gasteiger partial charge in [0, 0.05) is 30.1 Å². The van der Waals surface area contributed by atoms with Crippen LogP contribution in [0.1, 0.15) is 24.4 Å². The minimum Gasteiger partial charge on any atom is -0.548 e. The number of aromatic amines is 2. The van der Waals surface area contributed by atoms with E-state index in [2.05, 4.69) is 20.6 Å². The molecule has 12 nitrogen and oxygen atoms in total. The molecule has 3 amide bonds. The quantitative estimate of drug-likeness (QED) is 0.182. The Morgan fingerprint density at radius 3 is 2.38 bits per heavy atom. The Labute approximate surface area is 209 Å². The van der Waals surface area contributed by atoms with Crippen molar-refractivity contribution in [2.75, 3.05) is 6.54 Å². The number of primary amides is 1. The molecular formula is C25H25N6O6-. The molecule has 37 heavy (non-hydrogen) atoms. The molecule has 0 aliphatic carbocycles. The van der Waals surface area contributed by atoms with Crippen LogP contribution in [-0.2, 0) is 16.0 Å². The fourth-order valence-electron chi connectivity index (χ4n) is 4.30. The van der Waals surface area contributed by atoms with Crippen molar-refractivity contribution < 1.29 is 19.5 Å². The highest BCUT2D eigenvalue weighted by atomic mass is 16.4. The maximum atomic E-state index is 13.5. The molecule has 0 saturated heterocycles. The Bertz CT molecular complexity index is 1590. The first-order chi connectivity index (χ1) is 17.8. The monoisotopic (exact) mass is 505 g/mol. The highest BCUT2D eigenvalue weighted by Crippen LogP contribution is 2.22. The van der Waals surface area contributed by atoms with E-state index in [9.17, 15) is 29.1 Å². The molecule has 12 heteroatoms. The van der Waals surface area contributed by atoms with Gasteiger partial charge in [0.25, 0.3) is 5.56 Å². The number of para-hydroxylation sites is 2. The molecule has 0 bridgehead atoms. The number of hydrogen-bond acceptors (Lipinski definition) is 6. The van der Waals surface area contributed by atoms with E-state index in [0.29, 0.717) is 11.1 Å². The van der Waals surface area contributed by atoms with Gasteiger partial charge >= 0.3 is 11.7 Å². The first kappa shape index (κ1) is 25.2. The summed E-state index contributed by atoms with van der Waals surface area (Å²) >= 11 is 0. The molecule has 2 aromatic carbocycles. The number of hydrogen-bond donors (Lipinski definition) is 5. The lowest BCUT2D eigenvalue weighted by atomic mass is 10.0. The van der Waals surface area contributed by atoms with Crippen LogP contribution in [0, 0.1) is 0 Å². The summed E-state index contributed by atoms with van der Waals surface area (Å²) in [4.78, 5) is 68.2. The predicted molar refractivity (Wildman–Crippen MR) is 134 cm³/mol. The SMILES string of the molecule is NC(=O)NCCC[C@H](NC(=O)[C@H](Cc1c[nH]c2ccccc12)n1c(=O)[nH]c2ccccc2c1=O)C(=O)[O-]. The summed E-state index contributed by atoms with van der Waals surface area (Å²) in [6, 6.07) is 10.2. The van der Waals surface area contributed by atoms with E-state index in [1.54, 1.807) is 24.4 Å². The minimum atomic E-state index is -1.54. The van der Waals surface area contributed by atoms with Crippen molar-refractivity contribution in [1.29, 1.82) is 0 Å². The highest BCUT2D eigenvalue weighted by molar-refractivity contribution is 5.88. The summed E-state index contributed by atoms with van der Waals surface area (Å²) in [6.45, 7) is 0.0948. The number of carbonyl (C=O) groups is 3.